The Morgan fingerprint density at radius 1 is 1.62 bits per heavy atom. The highest BCUT2D eigenvalue weighted by Crippen LogP contribution is 2.12. The van der Waals surface area contributed by atoms with Crippen LogP contribution in [0.4, 0.5) is 5.69 Å². The van der Waals surface area contributed by atoms with Crippen LogP contribution in [0.2, 0.25) is 0 Å². The molecule has 1 aromatic rings. The fraction of sp³-hybridized carbons (Fsp3) is 0.556. The van der Waals surface area contributed by atoms with Gasteiger partial charge in [-0.25, -0.2) is 0 Å². The minimum absolute atomic E-state index is 0.0187. The van der Waals surface area contributed by atoms with Gasteiger partial charge in [0.25, 0.3) is 0 Å². The van der Waals surface area contributed by atoms with Crippen LogP contribution in [0.25, 0.3) is 0 Å². The number of aryl methyl sites for hydroxylation is 1. The van der Waals surface area contributed by atoms with Crippen molar-refractivity contribution in [2.45, 2.75) is 13.8 Å². The average molecular weight is 181 g/mol. The number of rotatable bonds is 2. The fourth-order valence-corrected chi connectivity index (χ4v) is 1.10. The zero-order chi connectivity index (χ0) is 10.0. The van der Waals surface area contributed by atoms with E-state index in [0.717, 1.165) is 5.69 Å². The van der Waals surface area contributed by atoms with Crippen LogP contribution in [0.15, 0.2) is 12.4 Å². The monoisotopic (exact) mass is 181 g/mol. The Hall–Kier alpha value is -1.32. The van der Waals surface area contributed by atoms with Crippen LogP contribution in [-0.2, 0) is 11.8 Å². The van der Waals surface area contributed by atoms with E-state index in [-0.39, 0.29) is 11.8 Å². The molecule has 1 aromatic heterocycles. The van der Waals surface area contributed by atoms with Crippen molar-refractivity contribution in [3.05, 3.63) is 12.4 Å². The Kier molecular flexibility index (Phi) is 2.70. The summed E-state index contributed by atoms with van der Waals surface area (Å²) in [5.74, 6) is 0.123. The van der Waals surface area contributed by atoms with Crippen LogP contribution < -0.4 is 4.90 Å². The van der Waals surface area contributed by atoms with E-state index in [0.29, 0.717) is 0 Å². The number of hydrogen-bond donors (Lipinski definition) is 0. The first-order valence-corrected chi connectivity index (χ1v) is 4.28. The molecule has 1 rings (SSSR count). The van der Waals surface area contributed by atoms with Gasteiger partial charge in [-0.1, -0.05) is 13.8 Å². The fourth-order valence-electron chi connectivity index (χ4n) is 1.10. The number of amides is 1. The second-order valence-electron chi connectivity index (χ2n) is 3.42. The minimum Gasteiger partial charge on any atom is -0.312 e. The minimum atomic E-state index is 0.0187. The summed E-state index contributed by atoms with van der Waals surface area (Å²) in [7, 11) is 3.59. The third kappa shape index (κ3) is 2.08. The SMILES string of the molecule is CC(C)C(=O)N(C)c1cnn(C)c1. The molecule has 0 atom stereocenters. The van der Waals surface area contributed by atoms with Gasteiger partial charge in [0.1, 0.15) is 0 Å². The van der Waals surface area contributed by atoms with Crippen molar-refractivity contribution >= 4 is 11.6 Å². The van der Waals surface area contributed by atoms with E-state index in [4.69, 9.17) is 0 Å². The standard InChI is InChI=1S/C9H15N3O/c1-7(2)9(13)12(4)8-5-10-11(3)6-8/h5-7H,1-4H3. The van der Waals surface area contributed by atoms with Gasteiger partial charge < -0.3 is 4.90 Å². The molecule has 0 aliphatic rings. The molecule has 4 nitrogen and oxygen atoms in total. The van der Waals surface area contributed by atoms with Crippen LogP contribution in [0.3, 0.4) is 0 Å². The maximum atomic E-state index is 11.5. The summed E-state index contributed by atoms with van der Waals surface area (Å²) < 4.78 is 1.68. The average Bonchev–Trinajstić information content (AvgIpc) is 2.49. The predicted molar refractivity (Wildman–Crippen MR) is 51.5 cm³/mol. The zero-order valence-electron chi connectivity index (χ0n) is 8.48. The number of hydrogen-bond acceptors (Lipinski definition) is 2. The number of anilines is 1. The summed E-state index contributed by atoms with van der Waals surface area (Å²) in [6.45, 7) is 3.77. The molecule has 13 heavy (non-hydrogen) atoms. The molecular weight excluding hydrogens is 166 g/mol. The normalized spacial score (nSPS) is 10.5. The van der Waals surface area contributed by atoms with Gasteiger partial charge in [0.15, 0.2) is 0 Å². The molecule has 0 aliphatic heterocycles. The lowest BCUT2D eigenvalue weighted by atomic mass is 10.2. The van der Waals surface area contributed by atoms with E-state index in [2.05, 4.69) is 5.10 Å². The second-order valence-corrected chi connectivity index (χ2v) is 3.42. The molecule has 0 radical (unpaired) electrons. The third-order valence-electron chi connectivity index (χ3n) is 1.90. The highest BCUT2D eigenvalue weighted by atomic mass is 16.2. The van der Waals surface area contributed by atoms with Crippen molar-refractivity contribution in [2.75, 3.05) is 11.9 Å². The molecule has 1 heterocycles. The second kappa shape index (κ2) is 3.60. The summed E-state index contributed by atoms with van der Waals surface area (Å²) >= 11 is 0. The van der Waals surface area contributed by atoms with Crippen LogP contribution >= 0.6 is 0 Å². The van der Waals surface area contributed by atoms with Gasteiger partial charge in [0.05, 0.1) is 11.9 Å². The molecule has 0 bridgehead atoms. The summed E-state index contributed by atoms with van der Waals surface area (Å²) in [6, 6.07) is 0. The van der Waals surface area contributed by atoms with Gasteiger partial charge in [-0.2, -0.15) is 5.10 Å². The van der Waals surface area contributed by atoms with E-state index >= 15 is 0 Å². The summed E-state index contributed by atoms with van der Waals surface area (Å²) in [5.41, 5.74) is 0.834. The van der Waals surface area contributed by atoms with Gasteiger partial charge in [-0.05, 0) is 0 Å². The smallest absolute Gasteiger partial charge is 0.229 e. The van der Waals surface area contributed by atoms with Crippen molar-refractivity contribution in [2.24, 2.45) is 13.0 Å². The molecule has 1 amide bonds. The predicted octanol–water partition coefficient (Wildman–Crippen LogP) is 1.04. The number of nitrogens with zero attached hydrogens (tertiary/aromatic N) is 3. The first-order valence-electron chi connectivity index (χ1n) is 4.28. The van der Waals surface area contributed by atoms with E-state index in [9.17, 15) is 4.79 Å². The molecule has 0 unspecified atom stereocenters. The number of carbonyl (C=O) groups excluding carboxylic acids is 1. The topological polar surface area (TPSA) is 38.1 Å². The lowest BCUT2D eigenvalue weighted by Crippen LogP contribution is -2.29. The highest BCUT2D eigenvalue weighted by Gasteiger charge is 2.15. The Morgan fingerprint density at radius 2 is 2.23 bits per heavy atom. The molecule has 0 saturated heterocycles. The van der Waals surface area contributed by atoms with Gasteiger partial charge in [0, 0.05) is 26.2 Å². The summed E-state index contributed by atoms with van der Waals surface area (Å²) in [6.07, 6.45) is 3.50. The summed E-state index contributed by atoms with van der Waals surface area (Å²) in [4.78, 5) is 13.2. The maximum Gasteiger partial charge on any atom is 0.229 e. The van der Waals surface area contributed by atoms with Crippen LogP contribution in [-0.4, -0.2) is 22.7 Å². The lowest BCUT2D eigenvalue weighted by molar-refractivity contribution is -0.121. The van der Waals surface area contributed by atoms with Gasteiger partial charge in [-0.15, -0.1) is 0 Å². The Balaban J connectivity index is 2.79. The molecule has 0 N–H and O–H groups in total. The van der Waals surface area contributed by atoms with Gasteiger partial charge in [0.2, 0.25) is 5.91 Å². The quantitative estimate of drug-likeness (QED) is 0.683. The molecule has 0 aromatic carbocycles. The van der Waals surface area contributed by atoms with E-state index < -0.39 is 0 Å². The van der Waals surface area contributed by atoms with Crippen molar-refractivity contribution in [1.82, 2.24) is 9.78 Å². The lowest BCUT2D eigenvalue weighted by Gasteiger charge is -2.16. The highest BCUT2D eigenvalue weighted by molar-refractivity contribution is 5.93. The molecule has 0 fully saturated rings. The maximum absolute atomic E-state index is 11.5. The number of carbonyl (C=O) groups is 1. The Morgan fingerprint density at radius 3 is 2.62 bits per heavy atom. The van der Waals surface area contributed by atoms with E-state index in [1.807, 2.05) is 27.1 Å². The zero-order valence-corrected chi connectivity index (χ0v) is 8.48. The van der Waals surface area contributed by atoms with Crippen LogP contribution in [0, 0.1) is 5.92 Å². The number of aromatic nitrogens is 2. The van der Waals surface area contributed by atoms with Gasteiger partial charge >= 0.3 is 0 Å². The first-order chi connectivity index (χ1) is 6.02. The molecule has 0 aliphatic carbocycles. The van der Waals surface area contributed by atoms with Crippen molar-refractivity contribution in [3.63, 3.8) is 0 Å². The molecule has 72 valence electrons. The third-order valence-corrected chi connectivity index (χ3v) is 1.90. The Labute approximate surface area is 78.1 Å². The summed E-state index contributed by atoms with van der Waals surface area (Å²) in [5, 5.41) is 4.00. The molecule has 0 saturated carbocycles. The molecular formula is C9H15N3O. The van der Waals surface area contributed by atoms with Crippen molar-refractivity contribution in [3.8, 4) is 0 Å². The van der Waals surface area contributed by atoms with E-state index in [1.54, 1.807) is 22.8 Å². The van der Waals surface area contributed by atoms with Crippen molar-refractivity contribution < 1.29 is 4.79 Å². The van der Waals surface area contributed by atoms with Crippen LogP contribution in [0.5, 0.6) is 0 Å². The molecule has 4 heteroatoms. The van der Waals surface area contributed by atoms with Crippen molar-refractivity contribution in [1.29, 1.82) is 0 Å². The van der Waals surface area contributed by atoms with Crippen LogP contribution in [0.1, 0.15) is 13.8 Å². The van der Waals surface area contributed by atoms with E-state index in [1.165, 1.54) is 0 Å². The van der Waals surface area contributed by atoms with Gasteiger partial charge in [-0.3, -0.25) is 9.48 Å². The first kappa shape index (κ1) is 9.77. The largest absolute Gasteiger partial charge is 0.312 e. The molecule has 0 spiro atoms. The Bertz CT molecular complexity index is 304.